The van der Waals surface area contributed by atoms with Crippen molar-refractivity contribution in [3.8, 4) is 0 Å². The van der Waals surface area contributed by atoms with E-state index >= 15 is 0 Å². The highest BCUT2D eigenvalue weighted by Gasteiger charge is 2.28. The summed E-state index contributed by atoms with van der Waals surface area (Å²) in [6.45, 7) is 1.45. The van der Waals surface area contributed by atoms with Gasteiger partial charge in [0.15, 0.2) is 5.69 Å². The molecule has 0 unspecified atom stereocenters. The van der Waals surface area contributed by atoms with Gasteiger partial charge in [0, 0.05) is 13.2 Å². The molecule has 0 bridgehead atoms. The van der Waals surface area contributed by atoms with E-state index in [1.807, 2.05) is 0 Å². The molecule has 0 aliphatic carbocycles. The second-order valence-electron chi connectivity index (χ2n) is 4.10. The molecule has 2 heterocycles. The highest BCUT2D eigenvalue weighted by molar-refractivity contribution is 7.89. The van der Waals surface area contributed by atoms with E-state index < -0.39 is 21.7 Å². The highest BCUT2D eigenvalue weighted by atomic mass is 32.2. The Kier molecular flexibility index (Phi) is 3.59. The van der Waals surface area contributed by atoms with Gasteiger partial charge in [-0.25, -0.2) is 17.9 Å². The fraction of sp³-hybridized carbons (Fsp3) is 0.300. The zero-order valence-electron chi connectivity index (χ0n) is 10.8. The van der Waals surface area contributed by atoms with Crippen molar-refractivity contribution in [2.24, 2.45) is 7.05 Å². The molecule has 0 radical (unpaired) electrons. The summed E-state index contributed by atoms with van der Waals surface area (Å²) in [6.07, 6.45) is 1.54. The van der Waals surface area contributed by atoms with E-state index in [2.05, 4.69) is 20.0 Å². The van der Waals surface area contributed by atoms with Gasteiger partial charge >= 0.3 is 5.97 Å². The van der Waals surface area contributed by atoms with Crippen molar-refractivity contribution >= 4 is 16.0 Å². The van der Waals surface area contributed by atoms with E-state index in [0.717, 1.165) is 0 Å². The summed E-state index contributed by atoms with van der Waals surface area (Å²) in [6, 6.07) is 1.66. The van der Waals surface area contributed by atoms with E-state index in [-0.39, 0.29) is 17.1 Å². The van der Waals surface area contributed by atoms with Crippen molar-refractivity contribution in [3.05, 3.63) is 29.3 Å². The van der Waals surface area contributed by atoms with E-state index in [4.69, 9.17) is 5.11 Å². The van der Waals surface area contributed by atoms with Gasteiger partial charge in [0.05, 0.1) is 17.9 Å². The summed E-state index contributed by atoms with van der Waals surface area (Å²) >= 11 is 0. The molecule has 0 saturated carbocycles. The van der Waals surface area contributed by atoms with Gasteiger partial charge in [0.1, 0.15) is 4.90 Å². The minimum atomic E-state index is -3.98. The van der Waals surface area contributed by atoms with Crippen LogP contribution in [0.5, 0.6) is 0 Å². The van der Waals surface area contributed by atoms with Crippen LogP contribution < -0.4 is 4.72 Å². The molecule has 0 aromatic carbocycles. The fourth-order valence-corrected chi connectivity index (χ4v) is 3.03. The maximum absolute atomic E-state index is 12.2. The molecule has 0 atom stereocenters. The third-order valence-corrected chi connectivity index (χ3v) is 4.29. The molecule has 2 rings (SSSR count). The minimum Gasteiger partial charge on any atom is -0.476 e. The third kappa shape index (κ3) is 2.56. The number of aromatic carboxylic acids is 1. The SMILES string of the molecule is Cc1[nH]nc(C(=O)O)c1S(=O)(=O)NCc1ccnn1C. The van der Waals surface area contributed by atoms with Crippen molar-refractivity contribution in [2.75, 3.05) is 0 Å². The van der Waals surface area contributed by atoms with Crippen LogP contribution in [0.25, 0.3) is 0 Å². The van der Waals surface area contributed by atoms with Gasteiger partial charge in [-0.3, -0.25) is 9.78 Å². The molecule has 2 aromatic rings. The fourth-order valence-electron chi connectivity index (χ4n) is 1.71. The summed E-state index contributed by atoms with van der Waals surface area (Å²) in [5.74, 6) is -1.41. The van der Waals surface area contributed by atoms with Crippen LogP contribution in [0, 0.1) is 6.92 Å². The normalized spacial score (nSPS) is 11.7. The molecule has 9 nitrogen and oxygen atoms in total. The van der Waals surface area contributed by atoms with Crippen molar-refractivity contribution in [2.45, 2.75) is 18.4 Å². The van der Waals surface area contributed by atoms with Crippen molar-refractivity contribution < 1.29 is 18.3 Å². The minimum absolute atomic E-state index is 0.00249. The quantitative estimate of drug-likeness (QED) is 0.690. The molecular formula is C10H13N5O4S. The number of sulfonamides is 1. The number of hydrogen-bond donors (Lipinski definition) is 3. The summed E-state index contributed by atoms with van der Waals surface area (Å²) < 4.78 is 28.2. The molecule has 3 N–H and O–H groups in total. The number of H-pyrrole nitrogens is 1. The smallest absolute Gasteiger partial charge is 0.357 e. The number of nitrogens with one attached hydrogen (secondary N) is 2. The lowest BCUT2D eigenvalue weighted by molar-refractivity contribution is 0.0686. The van der Waals surface area contributed by atoms with Crippen LogP contribution in [0.4, 0.5) is 0 Å². The Labute approximate surface area is 114 Å². The van der Waals surface area contributed by atoms with E-state index in [1.165, 1.54) is 17.8 Å². The Bertz CT molecular complexity index is 746. The molecule has 0 spiro atoms. The maximum atomic E-state index is 12.2. The average molecular weight is 299 g/mol. The molecular weight excluding hydrogens is 286 g/mol. The standard InChI is InChI=1S/C10H13N5O4S/c1-6-9(8(10(16)17)14-13-6)20(18,19)12-5-7-3-4-11-15(7)2/h3-4,12H,5H2,1-2H3,(H,13,14)(H,16,17). The highest BCUT2D eigenvalue weighted by Crippen LogP contribution is 2.17. The molecule has 0 fully saturated rings. The molecule has 20 heavy (non-hydrogen) atoms. The number of rotatable bonds is 5. The molecule has 0 aliphatic rings. The molecule has 108 valence electrons. The lowest BCUT2D eigenvalue weighted by Gasteiger charge is -2.07. The average Bonchev–Trinajstić information content (AvgIpc) is 2.93. The number of carboxylic acids is 1. The third-order valence-electron chi connectivity index (χ3n) is 2.73. The first-order valence-corrected chi connectivity index (χ1v) is 7.06. The first-order chi connectivity index (χ1) is 9.33. The predicted octanol–water partition coefficient (Wildman–Crippen LogP) is -0.372. The number of aromatic nitrogens is 4. The number of aromatic amines is 1. The number of carbonyl (C=O) groups is 1. The van der Waals surface area contributed by atoms with Gasteiger partial charge in [-0.15, -0.1) is 0 Å². The lowest BCUT2D eigenvalue weighted by atomic mass is 10.4. The summed E-state index contributed by atoms with van der Waals surface area (Å²) in [7, 11) is -2.31. The zero-order chi connectivity index (χ0) is 14.9. The molecule has 0 saturated heterocycles. The van der Waals surface area contributed by atoms with E-state index in [9.17, 15) is 13.2 Å². The molecule has 0 amide bonds. The van der Waals surface area contributed by atoms with E-state index in [0.29, 0.717) is 5.69 Å². The Morgan fingerprint density at radius 2 is 2.25 bits per heavy atom. The Hall–Kier alpha value is -2.20. The van der Waals surface area contributed by atoms with Gasteiger partial charge in [-0.05, 0) is 13.0 Å². The van der Waals surface area contributed by atoms with Gasteiger partial charge in [-0.1, -0.05) is 0 Å². The molecule has 0 aliphatic heterocycles. The lowest BCUT2D eigenvalue weighted by Crippen LogP contribution is -2.26. The van der Waals surface area contributed by atoms with Crippen LogP contribution in [-0.4, -0.2) is 39.5 Å². The number of hydrogen-bond acceptors (Lipinski definition) is 5. The van der Waals surface area contributed by atoms with Gasteiger partial charge in [0.25, 0.3) is 0 Å². The summed E-state index contributed by atoms with van der Waals surface area (Å²) in [5.41, 5.74) is 0.284. The monoisotopic (exact) mass is 299 g/mol. The maximum Gasteiger partial charge on any atom is 0.357 e. The molecule has 10 heteroatoms. The van der Waals surface area contributed by atoms with Crippen molar-refractivity contribution in [1.29, 1.82) is 0 Å². The first-order valence-electron chi connectivity index (χ1n) is 5.57. The second-order valence-corrected chi connectivity index (χ2v) is 5.81. The van der Waals surface area contributed by atoms with E-state index in [1.54, 1.807) is 13.1 Å². The molecule has 2 aromatic heterocycles. The largest absolute Gasteiger partial charge is 0.476 e. The van der Waals surface area contributed by atoms with Crippen LogP contribution in [0.1, 0.15) is 21.9 Å². The Balaban J connectivity index is 2.29. The number of carboxylic acid groups (broad SMARTS) is 1. The van der Waals surface area contributed by atoms with Crippen LogP contribution >= 0.6 is 0 Å². The van der Waals surface area contributed by atoms with Crippen molar-refractivity contribution in [1.82, 2.24) is 24.7 Å². The van der Waals surface area contributed by atoms with Crippen LogP contribution in [0.2, 0.25) is 0 Å². The van der Waals surface area contributed by atoms with Gasteiger partial charge < -0.3 is 5.11 Å². The van der Waals surface area contributed by atoms with Crippen molar-refractivity contribution in [3.63, 3.8) is 0 Å². The number of nitrogens with zero attached hydrogens (tertiary/aromatic N) is 3. The van der Waals surface area contributed by atoms with Crippen LogP contribution in [0.15, 0.2) is 17.2 Å². The van der Waals surface area contributed by atoms with Gasteiger partial charge in [-0.2, -0.15) is 10.2 Å². The Morgan fingerprint density at radius 3 is 2.80 bits per heavy atom. The number of aryl methyl sites for hydroxylation is 2. The Morgan fingerprint density at radius 1 is 1.55 bits per heavy atom. The first kappa shape index (κ1) is 14.2. The summed E-state index contributed by atoms with van der Waals surface area (Å²) in [5, 5.41) is 18.7. The van der Waals surface area contributed by atoms with Crippen LogP contribution in [-0.2, 0) is 23.6 Å². The zero-order valence-corrected chi connectivity index (χ0v) is 11.6. The van der Waals surface area contributed by atoms with Gasteiger partial charge in [0.2, 0.25) is 10.0 Å². The predicted molar refractivity (Wildman–Crippen MR) is 67.5 cm³/mol. The second kappa shape index (κ2) is 5.06. The summed E-state index contributed by atoms with van der Waals surface area (Å²) in [4.78, 5) is 10.6. The topological polar surface area (TPSA) is 130 Å². The van der Waals surface area contributed by atoms with Crippen LogP contribution in [0.3, 0.4) is 0 Å².